The lowest BCUT2D eigenvalue weighted by molar-refractivity contribution is -0.117. The number of halogens is 2. The van der Waals surface area contributed by atoms with E-state index in [2.05, 4.69) is 21.2 Å². The van der Waals surface area contributed by atoms with Gasteiger partial charge in [-0.3, -0.25) is 9.59 Å². The molecule has 2 aromatic carbocycles. The molecule has 4 nitrogen and oxygen atoms in total. The van der Waals surface area contributed by atoms with Gasteiger partial charge in [0.2, 0.25) is 11.8 Å². The Morgan fingerprint density at radius 2 is 1.96 bits per heavy atom. The van der Waals surface area contributed by atoms with Gasteiger partial charge in [-0.2, -0.15) is 0 Å². The van der Waals surface area contributed by atoms with Crippen molar-refractivity contribution < 1.29 is 14.0 Å². The fourth-order valence-corrected chi connectivity index (χ4v) is 2.52. The van der Waals surface area contributed by atoms with E-state index in [9.17, 15) is 14.0 Å². The molecule has 0 saturated carbocycles. The summed E-state index contributed by atoms with van der Waals surface area (Å²) in [5.41, 5.74) is 2.15. The van der Waals surface area contributed by atoms with Crippen molar-refractivity contribution in [3.8, 4) is 0 Å². The molecule has 2 aromatic rings. The SMILES string of the molecule is CC(=O)N(CCC(=O)Nc1ccc(Br)c(C)c1)c1cccc(F)c1. The number of benzene rings is 2. The van der Waals surface area contributed by atoms with Crippen LogP contribution < -0.4 is 10.2 Å². The second kappa shape index (κ2) is 8.06. The van der Waals surface area contributed by atoms with Crippen molar-refractivity contribution in [3.05, 3.63) is 58.3 Å². The Morgan fingerprint density at radius 1 is 1.21 bits per heavy atom. The number of nitrogens with one attached hydrogen (secondary N) is 1. The summed E-state index contributed by atoms with van der Waals surface area (Å²) in [6.07, 6.45) is 0.116. The maximum absolute atomic E-state index is 13.3. The van der Waals surface area contributed by atoms with Crippen LogP contribution in [0.4, 0.5) is 15.8 Å². The van der Waals surface area contributed by atoms with Crippen LogP contribution in [0.2, 0.25) is 0 Å². The van der Waals surface area contributed by atoms with Crippen LogP contribution in [0.1, 0.15) is 18.9 Å². The minimum absolute atomic E-state index is 0.116. The van der Waals surface area contributed by atoms with Gasteiger partial charge in [-0.05, 0) is 48.9 Å². The van der Waals surface area contributed by atoms with Crippen LogP contribution in [0.25, 0.3) is 0 Å². The third-order valence-corrected chi connectivity index (χ3v) is 4.39. The summed E-state index contributed by atoms with van der Waals surface area (Å²) < 4.78 is 14.3. The van der Waals surface area contributed by atoms with E-state index < -0.39 is 5.82 Å². The van der Waals surface area contributed by atoms with Gasteiger partial charge in [0.15, 0.2) is 0 Å². The van der Waals surface area contributed by atoms with Crippen LogP contribution in [0.15, 0.2) is 46.9 Å². The fraction of sp³-hybridized carbons (Fsp3) is 0.222. The molecule has 0 saturated heterocycles. The molecule has 0 aromatic heterocycles. The van der Waals surface area contributed by atoms with E-state index in [1.165, 1.54) is 30.0 Å². The van der Waals surface area contributed by atoms with Crippen LogP contribution in [-0.2, 0) is 9.59 Å². The summed E-state index contributed by atoms with van der Waals surface area (Å²) in [6, 6.07) is 11.3. The average molecular weight is 393 g/mol. The van der Waals surface area contributed by atoms with Gasteiger partial charge >= 0.3 is 0 Å². The molecular weight excluding hydrogens is 375 g/mol. The zero-order chi connectivity index (χ0) is 17.7. The normalized spacial score (nSPS) is 10.3. The molecular formula is C18H18BrFN2O2. The first kappa shape index (κ1) is 18.1. The van der Waals surface area contributed by atoms with Crippen LogP contribution in [-0.4, -0.2) is 18.4 Å². The smallest absolute Gasteiger partial charge is 0.226 e. The molecule has 126 valence electrons. The molecule has 24 heavy (non-hydrogen) atoms. The predicted octanol–water partition coefficient (Wildman–Crippen LogP) is 4.28. The van der Waals surface area contributed by atoms with Crippen LogP contribution in [0, 0.1) is 12.7 Å². The molecule has 1 N–H and O–H groups in total. The second-order valence-corrected chi connectivity index (χ2v) is 6.27. The van der Waals surface area contributed by atoms with Gasteiger partial charge < -0.3 is 10.2 Å². The molecule has 0 aliphatic rings. The van der Waals surface area contributed by atoms with Crippen molar-refractivity contribution in [2.45, 2.75) is 20.3 Å². The van der Waals surface area contributed by atoms with Crippen LogP contribution >= 0.6 is 15.9 Å². The standard InChI is InChI=1S/C18H18BrFN2O2/c1-12-10-15(6-7-17(12)19)21-18(24)8-9-22(13(2)23)16-5-3-4-14(20)11-16/h3-7,10-11H,8-9H2,1-2H3,(H,21,24). The van der Waals surface area contributed by atoms with E-state index in [0.717, 1.165) is 10.0 Å². The largest absolute Gasteiger partial charge is 0.326 e. The molecule has 0 heterocycles. The molecule has 0 aliphatic heterocycles. The molecule has 0 spiro atoms. The third kappa shape index (κ3) is 4.89. The van der Waals surface area contributed by atoms with E-state index in [4.69, 9.17) is 0 Å². The quantitative estimate of drug-likeness (QED) is 0.825. The highest BCUT2D eigenvalue weighted by Crippen LogP contribution is 2.20. The average Bonchev–Trinajstić information content (AvgIpc) is 2.51. The molecule has 2 rings (SSSR count). The van der Waals surface area contributed by atoms with E-state index in [0.29, 0.717) is 11.4 Å². The minimum Gasteiger partial charge on any atom is -0.326 e. The minimum atomic E-state index is -0.423. The van der Waals surface area contributed by atoms with Crippen molar-refractivity contribution in [1.82, 2.24) is 0 Å². The first-order chi connectivity index (χ1) is 11.4. The highest BCUT2D eigenvalue weighted by molar-refractivity contribution is 9.10. The van der Waals surface area contributed by atoms with Gasteiger partial charge in [-0.25, -0.2) is 4.39 Å². The molecule has 0 atom stereocenters. The number of anilines is 2. The first-order valence-corrected chi connectivity index (χ1v) is 8.26. The number of carbonyl (C=O) groups is 2. The molecule has 2 amide bonds. The van der Waals surface area contributed by atoms with Crippen LogP contribution in [0.5, 0.6) is 0 Å². The van der Waals surface area contributed by atoms with E-state index >= 15 is 0 Å². The van der Waals surface area contributed by atoms with Crippen molar-refractivity contribution >= 4 is 39.1 Å². The molecule has 0 fully saturated rings. The number of carbonyl (C=O) groups excluding carboxylic acids is 2. The van der Waals surface area contributed by atoms with Gasteiger partial charge in [-0.1, -0.05) is 22.0 Å². The van der Waals surface area contributed by atoms with Crippen molar-refractivity contribution in [3.63, 3.8) is 0 Å². The lowest BCUT2D eigenvalue weighted by atomic mass is 10.2. The summed E-state index contributed by atoms with van der Waals surface area (Å²) in [5.74, 6) is -0.874. The Balaban J connectivity index is 2.00. The van der Waals surface area contributed by atoms with Crippen molar-refractivity contribution in [2.75, 3.05) is 16.8 Å². The van der Waals surface area contributed by atoms with Gasteiger partial charge in [0.25, 0.3) is 0 Å². The number of aryl methyl sites for hydroxylation is 1. The molecule has 0 unspecified atom stereocenters. The Bertz CT molecular complexity index is 764. The topological polar surface area (TPSA) is 49.4 Å². The Labute approximate surface area is 148 Å². The number of hydrogen-bond acceptors (Lipinski definition) is 2. The van der Waals surface area contributed by atoms with E-state index in [1.807, 2.05) is 19.1 Å². The maximum atomic E-state index is 13.3. The highest BCUT2D eigenvalue weighted by Gasteiger charge is 2.14. The number of rotatable bonds is 5. The van der Waals surface area contributed by atoms with E-state index in [1.54, 1.807) is 12.1 Å². The molecule has 0 radical (unpaired) electrons. The molecule has 6 heteroatoms. The van der Waals surface area contributed by atoms with E-state index in [-0.39, 0.29) is 24.8 Å². The van der Waals surface area contributed by atoms with Gasteiger partial charge in [0, 0.05) is 35.7 Å². The summed E-state index contributed by atoms with van der Waals surface area (Å²) in [5, 5.41) is 2.80. The summed E-state index contributed by atoms with van der Waals surface area (Å²) in [6.45, 7) is 3.50. The Kier molecular flexibility index (Phi) is 6.09. The van der Waals surface area contributed by atoms with Crippen molar-refractivity contribution in [2.24, 2.45) is 0 Å². The Hall–Kier alpha value is -2.21. The lowest BCUT2D eigenvalue weighted by Gasteiger charge is -2.21. The molecule has 0 bridgehead atoms. The lowest BCUT2D eigenvalue weighted by Crippen LogP contribution is -2.32. The summed E-state index contributed by atoms with van der Waals surface area (Å²) in [7, 11) is 0. The Morgan fingerprint density at radius 3 is 2.58 bits per heavy atom. The summed E-state index contributed by atoms with van der Waals surface area (Å²) in [4.78, 5) is 25.3. The van der Waals surface area contributed by atoms with Gasteiger partial charge in [0.05, 0.1) is 0 Å². The van der Waals surface area contributed by atoms with Gasteiger partial charge in [0.1, 0.15) is 5.82 Å². The van der Waals surface area contributed by atoms with Crippen molar-refractivity contribution in [1.29, 1.82) is 0 Å². The first-order valence-electron chi connectivity index (χ1n) is 7.46. The number of amides is 2. The molecule has 0 aliphatic carbocycles. The third-order valence-electron chi connectivity index (χ3n) is 3.50. The highest BCUT2D eigenvalue weighted by atomic mass is 79.9. The zero-order valence-electron chi connectivity index (χ0n) is 13.5. The monoisotopic (exact) mass is 392 g/mol. The summed E-state index contributed by atoms with van der Waals surface area (Å²) >= 11 is 3.41. The zero-order valence-corrected chi connectivity index (χ0v) is 15.1. The fourth-order valence-electron chi connectivity index (χ4n) is 2.27. The second-order valence-electron chi connectivity index (χ2n) is 5.41. The van der Waals surface area contributed by atoms with Gasteiger partial charge in [-0.15, -0.1) is 0 Å². The maximum Gasteiger partial charge on any atom is 0.226 e. The van der Waals surface area contributed by atoms with Crippen LogP contribution in [0.3, 0.4) is 0 Å². The predicted molar refractivity (Wildman–Crippen MR) is 96.6 cm³/mol. The number of nitrogens with zero attached hydrogens (tertiary/aromatic N) is 1. The number of hydrogen-bond donors (Lipinski definition) is 1.